The fourth-order valence-electron chi connectivity index (χ4n) is 3.78. The Balaban J connectivity index is 3.13. The molecule has 0 saturated carbocycles. The summed E-state index contributed by atoms with van der Waals surface area (Å²) >= 11 is 0. The van der Waals surface area contributed by atoms with E-state index in [2.05, 4.69) is 37.2 Å². The van der Waals surface area contributed by atoms with Crippen LogP contribution in [-0.2, 0) is 33.6 Å². The van der Waals surface area contributed by atoms with Gasteiger partial charge in [-0.2, -0.15) is 0 Å². The number of nitrogens with one attached hydrogen (secondary N) is 7. The van der Waals surface area contributed by atoms with Crippen molar-refractivity contribution in [1.29, 1.82) is 0 Å². The number of rotatable bonds is 6. The minimum atomic E-state index is -1.14. The summed E-state index contributed by atoms with van der Waals surface area (Å²) in [5, 5.41) is 17.5. The third-order valence-electron chi connectivity index (χ3n) is 6.11. The third kappa shape index (κ3) is 12.9. The summed E-state index contributed by atoms with van der Waals surface area (Å²) in [6.45, 7) is 2.61. The van der Waals surface area contributed by atoms with Crippen molar-refractivity contribution >= 4 is 41.4 Å². The summed E-state index contributed by atoms with van der Waals surface area (Å²) in [4.78, 5) is 88.2. The van der Waals surface area contributed by atoms with E-state index in [-0.39, 0.29) is 58.3 Å². The van der Waals surface area contributed by atoms with Crippen LogP contribution < -0.4 is 54.4 Å². The highest BCUT2D eigenvalue weighted by Gasteiger charge is 2.29. The van der Waals surface area contributed by atoms with Gasteiger partial charge in [-0.05, 0) is 59.2 Å². The van der Waals surface area contributed by atoms with Crippen LogP contribution in [0.15, 0.2) is 0 Å². The molecular weight excluding hydrogens is 540 g/mol. The Hall–Kier alpha value is -3.83. The molecule has 0 spiro atoms. The highest BCUT2D eigenvalue weighted by atomic mass is 16.2. The molecule has 0 aromatic carbocycles. The van der Waals surface area contributed by atoms with Gasteiger partial charge < -0.3 is 54.4 Å². The predicted octanol–water partition coefficient (Wildman–Crippen LogP) is -5.48. The summed E-state index contributed by atoms with van der Waals surface area (Å²) in [6.07, 6.45) is 0.412. The van der Waals surface area contributed by atoms with Crippen LogP contribution >= 0.6 is 0 Å². The molecule has 5 unspecified atom stereocenters. The molecule has 1 fully saturated rings. The average molecular weight is 585 g/mol. The molecule has 1 aliphatic rings. The lowest BCUT2D eigenvalue weighted by molar-refractivity contribution is -0.134. The van der Waals surface area contributed by atoms with Crippen molar-refractivity contribution in [1.82, 2.24) is 37.2 Å². The Morgan fingerprint density at radius 3 is 1.61 bits per heavy atom. The van der Waals surface area contributed by atoms with Crippen molar-refractivity contribution in [2.75, 3.05) is 32.7 Å². The molecule has 232 valence electrons. The standard InChI is InChI=1S/C24H44N10O7/c1-13-20(37)28-11-3-4-18(35)32-15(5-8-25)22(39)29-12-19(36)30-14(2)21(38)33-17(7-10-27)24(41)34-16(6-9-26)23(40)31-13/h13-17H,3-12,25-27H2,1-2H3,(H,28,37)(H,29,39)(H,30,36)(H,31,40)(H,32,35)(H,33,38)(H,34,41). The molecule has 0 aromatic heterocycles. The summed E-state index contributed by atoms with van der Waals surface area (Å²) in [7, 11) is 0. The van der Waals surface area contributed by atoms with E-state index in [1.807, 2.05) is 0 Å². The lowest BCUT2D eigenvalue weighted by Gasteiger charge is -2.25. The second-order valence-electron chi connectivity index (χ2n) is 9.61. The maximum atomic E-state index is 13.0. The van der Waals surface area contributed by atoms with Gasteiger partial charge in [0, 0.05) is 13.0 Å². The minimum absolute atomic E-state index is 0.0168. The monoisotopic (exact) mass is 584 g/mol. The quantitative estimate of drug-likeness (QED) is 0.141. The molecule has 1 heterocycles. The molecule has 0 radical (unpaired) electrons. The topological polar surface area (TPSA) is 282 Å². The van der Waals surface area contributed by atoms with E-state index in [0.717, 1.165) is 0 Å². The molecule has 7 amide bonds. The number of nitrogens with two attached hydrogens (primary N) is 3. The summed E-state index contributed by atoms with van der Waals surface area (Å²) < 4.78 is 0. The van der Waals surface area contributed by atoms with E-state index in [9.17, 15) is 33.6 Å². The Morgan fingerprint density at radius 2 is 1.05 bits per heavy atom. The Labute approximate surface area is 238 Å². The summed E-state index contributed by atoms with van der Waals surface area (Å²) in [5.74, 6) is -4.40. The van der Waals surface area contributed by atoms with E-state index < -0.39 is 78.1 Å². The number of amides is 7. The first kappa shape index (κ1) is 35.2. The largest absolute Gasteiger partial charge is 0.354 e. The molecule has 0 aliphatic carbocycles. The molecular formula is C24H44N10O7. The zero-order chi connectivity index (χ0) is 30.9. The molecule has 17 heteroatoms. The molecule has 0 aromatic rings. The molecule has 0 bridgehead atoms. The second kappa shape index (κ2) is 18.5. The lowest BCUT2D eigenvalue weighted by Crippen LogP contribution is -2.58. The van der Waals surface area contributed by atoms with Gasteiger partial charge in [0.25, 0.3) is 0 Å². The first-order chi connectivity index (χ1) is 19.4. The van der Waals surface area contributed by atoms with Crippen molar-refractivity contribution in [2.24, 2.45) is 17.2 Å². The molecule has 1 saturated heterocycles. The van der Waals surface area contributed by atoms with E-state index >= 15 is 0 Å². The predicted molar refractivity (Wildman–Crippen MR) is 147 cm³/mol. The van der Waals surface area contributed by atoms with E-state index in [4.69, 9.17) is 17.2 Å². The number of hydrogen-bond donors (Lipinski definition) is 10. The summed E-state index contributed by atoms with van der Waals surface area (Å²) in [6, 6.07) is -5.31. The summed E-state index contributed by atoms with van der Waals surface area (Å²) in [5.41, 5.74) is 16.8. The SMILES string of the molecule is CC1NC(=O)CNC(=O)C(CCN)NC(=O)CCCNC(=O)C(C)NC(=O)C(CCN)NC(=O)C(CCN)NC1=O. The van der Waals surface area contributed by atoms with E-state index in [1.165, 1.54) is 13.8 Å². The van der Waals surface area contributed by atoms with E-state index in [1.54, 1.807) is 0 Å². The number of hydrogen-bond acceptors (Lipinski definition) is 10. The van der Waals surface area contributed by atoms with Gasteiger partial charge in [-0.15, -0.1) is 0 Å². The maximum absolute atomic E-state index is 13.0. The maximum Gasteiger partial charge on any atom is 0.243 e. The van der Waals surface area contributed by atoms with E-state index in [0.29, 0.717) is 0 Å². The van der Waals surface area contributed by atoms with Crippen LogP contribution in [0.4, 0.5) is 0 Å². The fraction of sp³-hybridized carbons (Fsp3) is 0.708. The molecule has 17 nitrogen and oxygen atoms in total. The van der Waals surface area contributed by atoms with Crippen LogP contribution in [0.1, 0.15) is 46.0 Å². The van der Waals surface area contributed by atoms with Crippen molar-refractivity contribution in [3.05, 3.63) is 0 Å². The Morgan fingerprint density at radius 1 is 0.561 bits per heavy atom. The van der Waals surface area contributed by atoms with Crippen LogP contribution in [0.25, 0.3) is 0 Å². The third-order valence-corrected chi connectivity index (χ3v) is 6.11. The zero-order valence-electron chi connectivity index (χ0n) is 23.5. The lowest BCUT2D eigenvalue weighted by atomic mass is 10.1. The van der Waals surface area contributed by atoms with Gasteiger partial charge in [-0.3, -0.25) is 33.6 Å². The Bertz CT molecular complexity index is 948. The van der Waals surface area contributed by atoms with Crippen LogP contribution in [0.5, 0.6) is 0 Å². The van der Waals surface area contributed by atoms with Gasteiger partial charge in [0.15, 0.2) is 0 Å². The molecule has 41 heavy (non-hydrogen) atoms. The van der Waals surface area contributed by atoms with Crippen molar-refractivity contribution in [3.63, 3.8) is 0 Å². The highest BCUT2D eigenvalue weighted by Crippen LogP contribution is 2.00. The van der Waals surface area contributed by atoms with Gasteiger partial charge in [0.2, 0.25) is 41.4 Å². The van der Waals surface area contributed by atoms with Gasteiger partial charge in [-0.25, -0.2) is 0 Å². The van der Waals surface area contributed by atoms with Crippen molar-refractivity contribution < 1.29 is 33.6 Å². The van der Waals surface area contributed by atoms with Gasteiger partial charge in [0.1, 0.15) is 30.2 Å². The molecule has 1 rings (SSSR count). The normalized spacial score (nSPS) is 26.9. The smallest absolute Gasteiger partial charge is 0.243 e. The van der Waals surface area contributed by atoms with Crippen LogP contribution in [0.3, 0.4) is 0 Å². The van der Waals surface area contributed by atoms with Crippen LogP contribution in [0, 0.1) is 0 Å². The van der Waals surface area contributed by atoms with Crippen LogP contribution in [-0.4, -0.2) is 104 Å². The number of carbonyl (C=O) groups excluding carboxylic acids is 7. The highest BCUT2D eigenvalue weighted by molar-refractivity contribution is 5.96. The van der Waals surface area contributed by atoms with Crippen LogP contribution in [0.2, 0.25) is 0 Å². The minimum Gasteiger partial charge on any atom is -0.354 e. The van der Waals surface area contributed by atoms with Crippen molar-refractivity contribution in [3.8, 4) is 0 Å². The van der Waals surface area contributed by atoms with Crippen molar-refractivity contribution in [2.45, 2.75) is 76.2 Å². The number of carbonyl (C=O) groups is 7. The average Bonchev–Trinajstić information content (AvgIpc) is 2.92. The second-order valence-corrected chi connectivity index (χ2v) is 9.61. The van der Waals surface area contributed by atoms with Gasteiger partial charge in [0.05, 0.1) is 6.54 Å². The first-order valence-electron chi connectivity index (χ1n) is 13.6. The first-order valence-corrected chi connectivity index (χ1v) is 13.6. The Kier molecular flexibility index (Phi) is 15.9. The van der Waals surface area contributed by atoms with Gasteiger partial charge >= 0.3 is 0 Å². The van der Waals surface area contributed by atoms with Gasteiger partial charge in [-0.1, -0.05) is 0 Å². The molecule has 5 atom stereocenters. The molecule has 1 aliphatic heterocycles. The fourth-order valence-corrected chi connectivity index (χ4v) is 3.78. The zero-order valence-corrected chi connectivity index (χ0v) is 23.5. The molecule has 13 N–H and O–H groups in total.